The van der Waals surface area contributed by atoms with E-state index in [1.165, 1.54) is 0 Å². The van der Waals surface area contributed by atoms with Gasteiger partial charge in [-0.1, -0.05) is 34.1 Å². The van der Waals surface area contributed by atoms with Crippen molar-refractivity contribution in [1.29, 1.82) is 0 Å². The van der Waals surface area contributed by atoms with Crippen molar-refractivity contribution in [2.75, 3.05) is 13.1 Å². The van der Waals surface area contributed by atoms with Crippen molar-refractivity contribution >= 4 is 12.0 Å². The minimum atomic E-state index is -0.754. The summed E-state index contributed by atoms with van der Waals surface area (Å²) in [7, 11) is 0. The van der Waals surface area contributed by atoms with Gasteiger partial charge in [-0.05, 0) is 31.6 Å². The molecule has 0 aromatic rings. The monoisotopic (exact) mass is 300 g/mol. The number of nitrogens with zero attached hydrogens (tertiary/aromatic N) is 1. The van der Waals surface area contributed by atoms with Crippen LogP contribution in [0.1, 0.15) is 66.2 Å². The first-order valence-corrected chi connectivity index (χ1v) is 8.18. The largest absolute Gasteiger partial charge is 0.481 e. The van der Waals surface area contributed by atoms with E-state index in [0.29, 0.717) is 24.9 Å². The molecule has 0 heterocycles. The third-order valence-corrected chi connectivity index (χ3v) is 3.55. The van der Waals surface area contributed by atoms with Crippen molar-refractivity contribution in [3.63, 3.8) is 0 Å². The number of hydrogen-bond donors (Lipinski definition) is 2. The Hall–Kier alpha value is -1.26. The zero-order valence-corrected chi connectivity index (χ0v) is 14.0. The fraction of sp³-hybridized carbons (Fsp3) is 0.875. The third kappa shape index (κ3) is 9.32. The van der Waals surface area contributed by atoms with Crippen LogP contribution in [0, 0.1) is 5.92 Å². The van der Waals surface area contributed by atoms with Gasteiger partial charge in [-0.25, -0.2) is 4.79 Å². The van der Waals surface area contributed by atoms with Gasteiger partial charge < -0.3 is 15.3 Å². The Morgan fingerprint density at radius 3 is 2.19 bits per heavy atom. The molecule has 0 bridgehead atoms. The number of nitrogens with one attached hydrogen (secondary N) is 1. The molecule has 0 aliphatic carbocycles. The topological polar surface area (TPSA) is 69.6 Å². The maximum absolute atomic E-state index is 12.3. The van der Waals surface area contributed by atoms with E-state index in [2.05, 4.69) is 33.0 Å². The fourth-order valence-corrected chi connectivity index (χ4v) is 2.40. The lowest BCUT2D eigenvalue weighted by Gasteiger charge is -2.32. The van der Waals surface area contributed by atoms with Gasteiger partial charge >= 0.3 is 12.0 Å². The Bertz CT molecular complexity index is 302. The van der Waals surface area contributed by atoms with Crippen LogP contribution < -0.4 is 5.32 Å². The highest BCUT2D eigenvalue weighted by molar-refractivity contribution is 5.74. The van der Waals surface area contributed by atoms with E-state index in [9.17, 15) is 9.59 Å². The second-order valence-corrected chi connectivity index (χ2v) is 5.95. The Balaban J connectivity index is 4.13. The van der Waals surface area contributed by atoms with Gasteiger partial charge in [-0.3, -0.25) is 4.79 Å². The smallest absolute Gasteiger partial charge is 0.317 e. The van der Waals surface area contributed by atoms with Crippen molar-refractivity contribution < 1.29 is 14.7 Å². The SMILES string of the molecule is CCC(CC)N(CC(C)C)C(=O)NCCCCCC(=O)O. The summed E-state index contributed by atoms with van der Waals surface area (Å²) >= 11 is 0. The van der Waals surface area contributed by atoms with Gasteiger partial charge in [0.25, 0.3) is 0 Å². The highest BCUT2D eigenvalue weighted by atomic mass is 16.4. The van der Waals surface area contributed by atoms with Crippen LogP contribution in [-0.2, 0) is 4.79 Å². The molecule has 0 aliphatic heterocycles. The Morgan fingerprint density at radius 2 is 1.71 bits per heavy atom. The van der Waals surface area contributed by atoms with Crippen LogP contribution in [0.2, 0.25) is 0 Å². The standard InChI is InChI=1S/C16H32N2O3/c1-5-14(6-2)18(12-13(3)4)16(21)17-11-9-7-8-10-15(19)20/h13-14H,5-12H2,1-4H3,(H,17,21)(H,19,20). The van der Waals surface area contributed by atoms with Gasteiger partial charge in [0.15, 0.2) is 0 Å². The average Bonchev–Trinajstić information content (AvgIpc) is 2.41. The molecule has 0 spiro atoms. The Labute approximate surface area is 129 Å². The molecule has 2 amide bonds. The number of carboxylic acid groups (broad SMARTS) is 1. The van der Waals surface area contributed by atoms with E-state index in [1.807, 2.05) is 4.90 Å². The van der Waals surface area contributed by atoms with Gasteiger partial charge in [0.05, 0.1) is 0 Å². The molecule has 0 aromatic heterocycles. The summed E-state index contributed by atoms with van der Waals surface area (Å²) in [6.45, 7) is 9.86. The van der Waals surface area contributed by atoms with Crippen LogP contribution in [-0.4, -0.2) is 41.1 Å². The van der Waals surface area contributed by atoms with E-state index < -0.39 is 5.97 Å². The lowest BCUT2D eigenvalue weighted by Crippen LogP contribution is -2.47. The van der Waals surface area contributed by atoms with E-state index in [1.54, 1.807) is 0 Å². The zero-order valence-electron chi connectivity index (χ0n) is 14.0. The van der Waals surface area contributed by atoms with E-state index in [4.69, 9.17) is 5.11 Å². The van der Waals surface area contributed by atoms with Crippen molar-refractivity contribution in [1.82, 2.24) is 10.2 Å². The van der Waals surface area contributed by atoms with Crippen LogP contribution in [0.5, 0.6) is 0 Å². The molecule has 0 rings (SSSR count). The van der Waals surface area contributed by atoms with Gasteiger partial charge in [0.2, 0.25) is 0 Å². The number of urea groups is 1. The molecule has 0 saturated carbocycles. The molecular formula is C16H32N2O3. The molecule has 5 nitrogen and oxygen atoms in total. The van der Waals surface area contributed by atoms with Gasteiger partial charge in [-0.2, -0.15) is 0 Å². The van der Waals surface area contributed by atoms with Crippen molar-refractivity contribution in [2.24, 2.45) is 5.92 Å². The molecule has 0 radical (unpaired) electrons. The number of carbonyl (C=O) groups excluding carboxylic acids is 1. The molecule has 5 heteroatoms. The quantitative estimate of drug-likeness (QED) is 0.574. The number of carbonyl (C=O) groups is 2. The summed E-state index contributed by atoms with van der Waals surface area (Å²) in [6, 6.07) is 0.301. The highest BCUT2D eigenvalue weighted by Crippen LogP contribution is 2.11. The van der Waals surface area contributed by atoms with Crippen molar-refractivity contribution in [2.45, 2.75) is 72.3 Å². The van der Waals surface area contributed by atoms with Gasteiger partial charge in [0, 0.05) is 25.6 Å². The number of carboxylic acids is 1. The molecular weight excluding hydrogens is 268 g/mol. The number of unbranched alkanes of at least 4 members (excludes halogenated alkanes) is 2. The molecule has 0 aromatic carbocycles. The summed E-state index contributed by atoms with van der Waals surface area (Å²) in [6.07, 6.45) is 4.48. The summed E-state index contributed by atoms with van der Waals surface area (Å²) in [5, 5.41) is 11.5. The highest BCUT2D eigenvalue weighted by Gasteiger charge is 2.21. The molecule has 21 heavy (non-hydrogen) atoms. The number of rotatable bonds is 11. The van der Waals surface area contributed by atoms with E-state index in [0.717, 1.165) is 32.2 Å². The molecule has 124 valence electrons. The predicted molar refractivity (Wildman–Crippen MR) is 85.4 cm³/mol. The normalized spacial score (nSPS) is 11.0. The lowest BCUT2D eigenvalue weighted by atomic mass is 10.1. The molecule has 0 aliphatic rings. The minimum Gasteiger partial charge on any atom is -0.481 e. The molecule has 0 saturated heterocycles. The summed E-state index contributed by atoms with van der Waals surface area (Å²) in [5.41, 5.74) is 0. The van der Waals surface area contributed by atoms with E-state index in [-0.39, 0.29) is 12.5 Å². The Morgan fingerprint density at radius 1 is 1.10 bits per heavy atom. The first-order valence-electron chi connectivity index (χ1n) is 8.18. The molecule has 2 N–H and O–H groups in total. The molecule has 0 fully saturated rings. The average molecular weight is 300 g/mol. The Kier molecular flexibility index (Phi) is 10.7. The van der Waals surface area contributed by atoms with Gasteiger partial charge in [0.1, 0.15) is 0 Å². The van der Waals surface area contributed by atoms with Crippen LogP contribution in [0.4, 0.5) is 4.79 Å². The van der Waals surface area contributed by atoms with Crippen LogP contribution >= 0.6 is 0 Å². The number of aliphatic carboxylic acids is 1. The zero-order chi connectivity index (χ0) is 16.3. The summed E-state index contributed by atoms with van der Waals surface area (Å²) in [5.74, 6) is -0.303. The lowest BCUT2D eigenvalue weighted by molar-refractivity contribution is -0.137. The molecule has 0 atom stereocenters. The molecule has 0 unspecified atom stereocenters. The van der Waals surface area contributed by atoms with Crippen molar-refractivity contribution in [3.8, 4) is 0 Å². The van der Waals surface area contributed by atoms with Crippen LogP contribution in [0.3, 0.4) is 0 Å². The van der Waals surface area contributed by atoms with Gasteiger partial charge in [-0.15, -0.1) is 0 Å². The third-order valence-electron chi connectivity index (χ3n) is 3.55. The maximum Gasteiger partial charge on any atom is 0.317 e. The fourth-order valence-electron chi connectivity index (χ4n) is 2.40. The maximum atomic E-state index is 12.3. The second-order valence-electron chi connectivity index (χ2n) is 5.95. The second kappa shape index (κ2) is 11.4. The minimum absolute atomic E-state index is 0.00985. The predicted octanol–water partition coefficient (Wildman–Crippen LogP) is 3.49. The summed E-state index contributed by atoms with van der Waals surface area (Å²) in [4.78, 5) is 24.6. The first-order chi connectivity index (χ1) is 9.92. The summed E-state index contributed by atoms with van der Waals surface area (Å²) < 4.78 is 0. The van der Waals surface area contributed by atoms with Crippen LogP contribution in [0.15, 0.2) is 0 Å². The van der Waals surface area contributed by atoms with Crippen LogP contribution in [0.25, 0.3) is 0 Å². The van der Waals surface area contributed by atoms with Crippen molar-refractivity contribution in [3.05, 3.63) is 0 Å². The number of amides is 2. The first kappa shape index (κ1) is 19.7. The van der Waals surface area contributed by atoms with E-state index >= 15 is 0 Å². The number of hydrogen-bond acceptors (Lipinski definition) is 2.